The van der Waals surface area contributed by atoms with E-state index in [9.17, 15) is 23.3 Å². The third kappa shape index (κ3) is 5.86. The van der Waals surface area contributed by atoms with Crippen LogP contribution in [0.1, 0.15) is 5.56 Å². The lowest BCUT2D eigenvalue weighted by Gasteiger charge is -2.24. The van der Waals surface area contributed by atoms with Gasteiger partial charge in [0.15, 0.2) is 0 Å². The molecule has 0 saturated heterocycles. The summed E-state index contributed by atoms with van der Waals surface area (Å²) in [6.07, 6.45) is 1.12. The molecule has 0 aromatic heterocycles. The van der Waals surface area contributed by atoms with Gasteiger partial charge in [-0.25, -0.2) is 13.8 Å². The highest BCUT2D eigenvalue weighted by Crippen LogP contribution is 2.30. The molecular weight excluding hydrogens is 491 g/mol. The Hall–Kier alpha value is -3.47. The summed E-state index contributed by atoms with van der Waals surface area (Å²) in [6.45, 7) is -0.624. The summed E-state index contributed by atoms with van der Waals surface area (Å²) in [6, 6.07) is 17.5. The number of nitro benzene ring substituents is 1. The van der Waals surface area contributed by atoms with Crippen LogP contribution in [-0.2, 0) is 14.8 Å². The topological polar surface area (TPSA) is 122 Å². The normalized spacial score (nSPS) is 11.3. The first kappa shape index (κ1) is 24.2. The molecule has 0 aliphatic heterocycles. The van der Waals surface area contributed by atoms with Crippen LogP contribution >= 0.6 is 23.2 Å². The summed E-state index contributed by atoms with van der Waals surface area (Å²) >= 11 is 12.2. The van der Waals surface area contributed by atoms with Gasteiger partial charge in [0.05, 0.1) is 26.7 Å². The van der Waals surface area contributed by atoms with Crippen LogP contribution in [0.5, 0.6) is 0 Å². The van der Waals surface area contributed by atoms with E-state index in [2.05, 4.69) is 10.5 Å². The Morgan fingerprint density at radius 2 is 1.70 bits per heavy atom. The molecule has 0 radical (unpaired) electrons. The molecule has 0 aliphatic carbocycles. The van der Waals surface area contributed by atoms with Crippen molar-refractivity contribution in [1.29, 1.82) is 0 Å². The Bertz CT molecular complexity index is 1320. The molecule has 0 bridgehead atoms. The summed E-state index contributed by atoms with van der Waals surface area (Å²) in [7, 11) is -4.13. The number of halogens is 2. The summed E-state index contributed by atoms with van der Waals surface area (Å²) in [5.41, 5.74) is 2.32. The number of carbonyl (C=O) groups is 1. The molecule has 33 heavy (non-hydrogen) atoms. The minimum Gasteiger partial charge on any atom is -0.271 e. The maximum atomic E-state index is 13.2. The van der Waals surface area contributed by atoms with Crippen molar-refractivity contribution >= 4 is 56.7 Å². The number of hydrogen-bond acceptors (Lipinski definition) is 6. The second-order valence-corrected chi connectivity index (χ2v) is 9.21. The van der Waals surface area contributed by atoms with Gasteiger partial charge in [0.1, 0.15) is 6.54 Å². The number of rotatable bonds is 8. The lowest BCUT2D eigenvalue weighted by atomic mass is 10.2. The highest BCUT2D eigenvalue weighted by molar-refractivity contribution is 7.92. The van der Waals surface area contributed by atoms with Gasteiger partial charge in [0.25, 0.3) is 21.6 Å². The first-order valence-electron chi connectivity index (χ1n) is 9.28. The fourth-order valence-corrected chi connectivity index (χ4v) is 4.67. The number of sulfonamides is 1. The standard InChI is InChI=1S/C21H16Cl2N4O5S/c22-18-11-10-16(27(29)30)12-15(18)13-24-25-21(28)14-26(20-9-5-4-8-19(20)23)33(31,32)17-6-2-1-3-7-17/h1-13H,14H2,(H,25,28)/b24-13+. The maximum Gasteiger partial charge on any atom is 0.270 e. The van der Waals surface area contributed by atoms with Crippen LogP contribution in [0.4, 0.5) is 11.4 Å². The SMILES string of the molecule is O=C(CN(c1ccccc1Cl)S(=O)(=O)c1ccccc1)N/N=C/c1cc([N+](=O)[O-])ccc1Cl. The fraction of sp³-hybridized carbons (Fsp3) is 0.0476. The van der Waals surface area contributed by atoms with Gasteiger partial charge in [0.2, 0.25) is 0 Å². The van der Waals surface area contributed by atoms with Crippen LogP contribution in [0.2, 0.25) is 10.0 Å². The van der Waals surface area contributed by atoms with Gasteiger partial charge in [-0.1, -0.05) is 53.5 Å². The van der Waals surface area contributed by atoms with Crippen LogP contribution in [0, 0.1) is 10.1 Å². The maximum absolute atomic E-state index is 13.2. The van der Waals surface area contributed by atoms with E-state index in [-0.39, 0.29) is 31.9 Å². The molecule has 0 aliphatic rings. The van der Waals surface area contributed by atoms with Crippen molar-refractivity contribution in [2.75, 3.05) is 10.8 Å². The summed E-state index contributed by atoms with van der Waals surface area (Å²) in [5, 5.41) is 15.0. The molecule has 3 aromatic carbocycles. The number of nitrogens with zero attached hydrogens (tertiary/aromatic N) is 3. The molecule has 0 atom stereocenters. The predicted octanol–water partition coefficient (Wildman–Crippen LogP) is 4.25. The Kier molecular flexibility index (Phi) is 7.64. The van der Waals surface area contributed by atoms with Gasteiger partial charge in [-0.05, 0) is 30.3 Å². The van der Waals surface area contributed by atoms with Crippen molar-refractivity contribution in [3.05, 3.63) is 98.5 Å². The predicted molar refractivity (Wildman–Crippen MR) is 126 cm³/mol. The quantitative estimate of drug-likeness (QED) is 0.278. The second kappa shape index (κ2) is 10.4. The van der Waals surface area contributed by atoms with Crippen molar-refractivity contribution in [3.8, 4) is 0 Å². The van der Waals surface area contributed by atoms with E-state index in [4.69, 9.17) is 23.2 Å². The zero-order valence-corrected chi connectivity index (χ0v) is 19.1. The molecule has 170 valence electrons. The van der Waals surface area contributed by atoms with Crippen molar-refractivity contribution in [2.45, 2.75) is 4.90 Å². The molecule has 9 nitrogen and oxygen atoms in total. The Morgan fingerprint density at radius 3 is 2.36 bits per heavy atom. The molecule has 0 fully saturated rings. The zero-order chi connectivity index (χ0) is 24.0. The molecule has 0 spiro atoms. The smallest absolute Gasteiger partial charge is 0.270 e. The first-order valence-corrected chi connectivity index (χ1v) is 11.5. The number of nitrogens with one attached hydrogen (secondary N) is 1. The fourth-order valence-electron chi connectivity index (χ4n) is 2.76. The van der Waals surface area contributed by atoms with E-state index >= 15 is 0 Å². The van der Waals surface area contributed by atoms with E-state index in [1.54, 1.807) is 30.3 Å². The molecule has 0 saturated carbocycles. The van der Waals surface area contributed by atoms with Gasteiger partial charge in [-0.2, -0.15) is 5.10 Å². The van der Waals surface area contributed by atoms with Gasteiger partial charge in [0, 0.05) is 22.7 Å². The van der Waals surface area contributed by atoms with Crippen molar-refractivity contribution in [1.82, 2.24) is 5.43 Å². The number of non-ortho nitro benzene ring substituents is 1. The summed E-state index contributed by atoms with van der Waals surface area (Å²) < 4.78 is 27.3. The molecule has 0 heterocycles. The molecule has 12 heteroatoms. The average Bonchev–Trinajstić information content (AvgIpc) is 2.79. The number of hydrazone groups is 1. The summed E-state index contributed by atoms with van der Waals surface area (Å²) in [5.74, 6) is -0.771. The highest BCUT2D eigenvalue weighted by Gasteiger charge is 2.28. The van der Waals surface area contributed by atoms with E-state index in [1.165, 1.54) is 42.5 Å². The second-order valence-electron chi connectivity index (χ2n) is 6.53. The highest BCUT2D eigenvalue weighted by atomic mass is 35.5. The van der Waals surface area contributed by atoms with Gasteiger partial charge in [-0.15, -0.1) is 0 Å². The van der Waals surface area contributed by atoms with Crippen molar-refractivity contribution in [3.63, 3.8) is 0 Å². The lowest BCUT2D eigenvalue weighted by molar-refractivity contribution is -0.384. The van der Waals surface area contributed by atoms with Gasteiger partial charge in [-0.3, -0.25) is 19.2 Å². The summed E-state index contributed by atoms with van der Waals surface area (Å²) in [4.78, 5) is 22.8. The van der Waals surface area contributed by atoms with E-state index in [0.717, 1.165) is 10.5 Å². The van der Waals surface area contributed by atoms with E-state index in [0.29, 0.717) is 0 Å². The molecular formula is C21H16Cl2N4O5S. The molecule has 1 N–H and O–H groups in total. The monoisotopic (exact) mass is 506 g/mol. The number of nitro groups is 1. The average molecular weight is 507 g/mol. The lowest BCUT2D eigenvalue weighted by Crippen LogP contribution is -2.39. The number of carbonyl (C=O) groups excluding carboxylic acids is 1. The third-order valence-electron chi connectivity index (χ3n) is 4.32. The molecule has 3 aromatic rings. The number of hydrogen-bond donors (Lipinski definition) is 1. The van der Waals surface area contributed by atoms with Crippen molar-refractivity contribution < 1.29 is 18.1 Å². The van der Waals surface area contributed by atoms with E-state index in [1.807, 2.05) is 0 Å². The number of anilines is 1. The van der Waals surface area contributed by atoms with Crippen LogP contribution in [0.25, 0.3) is 0 Å². The minimum absolute atomic E-state index is 0.0235. The Labute approximate surface area is 199 Å². The zero-order valence-electron chi connectivity index (χ0n) is 16.8. The molecule has 3 rings (SSSR count). The van der Waals surface area contributed by atoms with Crippen LogP contribution in [0.15, 0.2) is 82.8 Å². The number of para-hydroxylation sites is 1. The largest absolute Gasteiger partial charge is 0.271 e. The Morgan fingerprint density at radius 1 is 1.03 bits per heavy atom. The van der Waals surface area contributed by atoms with Crippen molar-refractivity contribution in [2.24, 2.45) is 5.10 Å². The van der Waals surface area contributed by atoms with Gasteiger partial charge >= 0.3 is 0 Å². The molecule has 0 unspecified atom stereocenters. The van der Waals surface area contributed by atoms with Crippen LogP contribution < -0.4 is 9.73 Å². The first-order chi connectivity index (χ1) is 15.7. The number of amides is 1. The minimum atomic E-state index is -4.13. The van der Waals surface area contributed by atoms with Crippen LogP contribution in [0.3, 0.4) is 0 Å². The van der Waals surface area contributed by atoms with Gasteiger partial charge < -0.3 is 0 Å². The van der Waals surface area contributed by atoms with E-state index < -0.39 is 27.4 Å². The Balaban J connectivity index is 1.85. The van der Waals surface area contributed by atoms with Crippen LogP contribution in [-0.4, -0.2) is 32.0 Å². The molecule has 1 amide bonds. The number of benzene rings is 3. The third-order valence-corrected chi connectivity index (χ3v) is 6.76.